The minimum Gasteiger partial charge on any atom is -1.00 e. The second kappa shape index (κ2) is 7.04. The van der Waals surface area contributed by atoms with Crippen LogP contribution >= 0.6 is 0 Å². The Morgan fingerprint density at radius 3 is 2.57 bits per heavy atom. The number of hydrogen-bond donors (Lipinski definition) is 0. The van der Waals surface area contributed by atoms with Gasteiger partial charge in [-0.1, -0.05) is 6.92 Å². The summed E-state index contributed by atoms with van der Waals surface area (Å²) in [6, 6.07) is 0. The first kappa shape index (κ1) is 13.7. The molecule has 1 rings (SSSR count). The fourth-order valence-corrected chi connectivity index (χ4v) is 1.45. The summed E-state index contributed by atoms with van der Waals surface area (Å²) in [4.78, 5) is 13.3. The minimum atomic E-state index is -0.133. The number of carbonyl (C=O) groups excluding carboxylic acids is 1. The molecule has 1 heterocycles. The number of hydrogen-bond acceptors (Lipinski definition) is 4. The highest BCUT2D eigenvalue weighted by atomic mass is 35.5. The summed E-state index contributed by atoms with van der Waals surface area (Å²) < 4.78 is 9.87. The van der Waals surface area contributed by atoms with E-state index in [0.29, 0.717) is 0 Å². The van der Waals surface area contributed by atoms with Gasteiger partial charge in [-0.2, -0.15) is 0 Å². The number of esters is 1. The van der Waals surface area contributed by atoms with Gasteiger partial charge in [0.1, 0.15) is 0 Å². The van der Waals surface area contributed by atoms with Crippen molar-refractivity contribution in [3.05, 3.63) is 0 Å². The summed E-state index contributed by atoms with van der Waals surface area (Å²) in [5.41, 5.74) is 0. The second-order valence-electron chi connectivity index (χ2n) is 3.34. The van der Waals surface area contributed by atoms with E-state index in [-0.39, 0.29) is 24.3 Å². The Hall–Kier alpha value is -0.320. The van der Waals surface area contributed by atoms with Gasteiger partial charge in [-0.3, -0.25) is 9.69 Å². The largest absolute Gasteiger partial charge is 1.00 e. The van der Waals surface area contributed by atoms with E-state index in [1.807, 2.05) is 6.92 Å². The van der Waals surface area contributed by atoms with Crippen LogP contribution < -0.4 is 12.4 Å². The van der Waals surface area contributed by atoms with E-state index in [1.165, 1.54) is 7.11 Å². The smallest absolute Gasteiger partial charge is 0.309 e. The van der Waals surface area contributed by atoms with Crippen molar-refractivity contribution < 1.29 is 26.7 Å². The van der Waals surface area contributed by atoms with E-state index in [4.69, 9.17) is 4.74 Å². The van der Waals surface area contributed by atoms with Gasteiger partial charge in [0, 0.05) is 19.6 Å². The molecule has 0 spiro atoms. The van der Waals surface area contributed by atoms with Gasteiger partial charge in [0.15, 0.2) is 0 Å². The standard InChI is InChI=1S/C9H17NO3.ClH/c1-8(9(11)12-2)7-10-3-5-13-6-4-10;/h8H,3-7H2,1-2H3;1H/p-1. The van der Waals surface area contributed by atoms with Crippen molar-refractivity contribution in [3.8, 4) is 0 Å². The van der Waals surface area contributed by atoms with E-state index in [9.17, 15) is 4.79 Å². The quantitative estimate of drug-likeness (QED) is 0.482. The molecule has 0 aromatic heterocycles. The molecular formula is C9H17ClNO3-. The number of morpholine rings is 1. The molecule has 4 nitrogen and oxygen atoms in total. The van der Waals surface area contributed by atoms with Crippen LogP contribution in [0.1, 0.15) is 6.92 Å². The van der Waals surface area contributed by atoms with E-state index in [2.05, 4.69) is 9.64 Å². The molecule has 0 aliphatic carbocycles. The molecule has 1 saturated heterocycles. The van der Waals surface area contributed by atoms with Gasteiger partial charge in [-0.15, -0.1) is 0 Å². The Kier molecular flexibility index (Phi) is 6.87. The van der Waals surface area contributed by atoms with Gasteiger partial charge < -0.3 is 21.9 Å². The van der Waals surface area contributed by atoms with E-state index >= 15 is 0 Å². The summed E-state index contributed by atoms with van der Waals surface area (Å²) in [7, 11) is 1.43. The van der Waals surface area contributed by atoms with Crippen molar-refractivity contribution in [2.75, 3.05) is 40.0 Å². The molecule has 0 N–H and O–H groups in total. The molecule has 1 aliphatic rings. The number of rotatable bonds is 3. The molecule has 0 radical (unpaired) electrons. The normalized spacial score (nSPS) is 19.6. The highest BCUT2D eigenvalue weighted by Crippen LogP contribution is 2.04. The van der Waals surface area contributed by atoms with Gasteiger partial charge in [0.05, 0.1) is 26.2 Å². The van der Waals surface area contributed by atoms with Crippen LogP contribution in [0.5, 0.6) is 0 Å². The van der Waals surface area contributed by atoms with E-state index < -0.39 is 0 Å². The molecule has 1 fully saturated rings. The number of ether oxygens (including phenoxy) is 2. The van der Waals surface area contributed by atoms with Crippen LogP contribution in [0.2, 0.25) is 0 Å². The van der Waals surface area contributed by atoms with Crippen LogP contribution in [0, 0.1) is 5.92 Å². The summed E-state index contributed by atoms with van der Waals surface area (Å²) in [5, 5.41) is 0. The van der Waals surface area contributed by atoms with Crippen LogP contribution in [0.4, 0.5) is 0 Å². The Labute approximate surface area is 91.0 Å². The Bertz CT molecular complexity index is 171. The van der Waals surface area contributed by atoms with E-state index in [0.717, 1.165) is 32.8 Å². The fraction of sp³-hybridized carbons (Fsp3) is 0.889. The summed E-state index contributed by atoms with van der Waals surface area (Å²) >= 11 is 0. The van der Waals surface area contributed by atoms with E-state index in [1.54, 1.807) is 0 Å². The predicted molar refractivity (Wildman–Crippen MR) is 48.4 cm³/mol. The summed E-state index contributed by atoms with van der Waals surface area (Å²) in [5.74, 6) is -0.172. The number of halogens is 1. The molecule has 84 valence electrons. The van der Waals surface area contributed by atoms with Crippen molar-refractivity contribution in [2.24, 2.45) is 5.92 Å². The third kappa shape index (κ3) is 4.26. The third-order valence-corrected chi connectivity index (χ3v) is 2.24. The maximum Gasteiger partial charge on any atom is 0.309 e. The van der Waals surface area contributed by atoms with Crippen LogP contribution in [0.3, 0.4) is 0 Å². The van der Waals surface area contributed by atoms with Crippen LogP contribution in [-0.2, 0) is 14.3 Å². The Morgan fingerprint density at radius 2 is 2.07 bits per heavy atom. The lowest BCUT2D eigenvalue weighted by molar-refractivity contribution is -0.145. The first-order valence-corrected chi connectivity index (χ1v) is 4.62. The highest BCUT2D eigenvalue weighted by Gasteiger charge is 2.18. The molecule has 0 aromatic rings. The van der Waals surface area contributed by atoms with Crippen molar-refractivity contribution in [1.82, 2.24) is 4.90 Å². The number of carbonyl (C=O) groups is 1. The minimum absolute atomic E-state index is 0. The zero-order chi connectivity index (χ0) is 9.68. The lowest BCUT2D eigenvalue weighted by atomic mass is 10.1. The molecular weight excluding hydrogens is 206 g/mol. The molecule has 1 unspecified atom stereocenters. The lowest BCUT2D eigenvalue weighted by Gasteiger charge is -2.28. The Balaban J connectivity index is 0.00000169. The molecule has 1 atom stereocenters. The second-order valence-corrected chi connectivity index (χ2v) is 3.34. The molecule has 0 aromatic carbocycles. The van der Waals surface area contributed by atoms with Crippen molar-refractivity contribution in [1.29, 1.82) is 0 Å². The first-order chi connectivity index (χ1) is 6.24. The maximum absolute atomic E-state index is 11.1. The van der Waals surface area contributed by atoms with Crippen LogP contribution in [0.25, 0.3) is 0 Å². The monoisotopic (exact) mass is 222 g/mol. The number of methoxy groups -OCH3 is 1. The highest BCUT2D eigenvalue weighted by molar-refractivity contribution is 5.72. The average Bonchev–Trinajstić information content (AvgIpc) is 2.18. The molecule has 0 saturated carbocycles. The van der Waals surface area contributed by atoms with Gasteiger partial charge >= 0.3 is 5.97 Å². The molecule has 0 bridgehead atoms. The topological polar surface area (TPSA) is 38.8 Å². The zero-order valence-corrected chi connectivity index (χ0v) is 9.42. The van der Waals surface area contributed by atoms with Gasteiger partial charge in [-0.05, 0) is 0 Å². The van der Waals surface area contributed by atoms with Gasteiger partial charge in [-0.25, -0.2) is 0 Å². The fourth-order valence-electron chi connectivity index (χ4n) is 1.45. The summed E-state index contributed by atoms with van der Waals surface area (Å²) in [6.45, 7) is 6.04. The summed E-state index contributed by atoms with van der Waals surface area (Å²) in [6.07, 6.45) is 0. The SMILES string of the molecule is COC(=O)C(C)CN1CCOCC1.[Cl-]. The van der Waals surface area contributed by atoms with Crippen molar-refractivity contribution in [3.63, 3.8) is 0 Å². The first-order valence-electron chi connectivity index (χ1n) is 4.62. The lowest BCUT2D eigenvalue weighted by Crippen LogP contribution is -3.00. The molecule has 5 heteroatoms. The molecule has 14 heavy (non-hydrogen) atoms. The Morgan fingerprint density at radius 1 is 1.50 bits per heavy atom. The third-order valence-electron chi connectivity index (χ3n) is 2.24. The van der Waals surface area contributed by atoms with Crippen molar-refractivity contribution in [2.45, 2.75) is 6.92 Å². The van der Waals surface area contributed by atoms with Gasteiger partial charge in [0.2, 0.25) is 0 Å². The predicted octanol–water partition coefficient (Wildman–Crippen LogP) is -2.87. The average molecular weight is 223 g/mol. The van der Waals surface area contributed by atoms with Crippen LogP contribution in [-0.4, -0.2) is 50.8 Å². The number of nitrogens with zero attached hydrogens (tertiary/aromatic N) is 1. The zero-order valence-electron chi connectivity index (χ0n) is 8.66. The van der Waals surface area contributed by atoms with Gasteiger partial charge in [0.25, 0.3) is 0 Å². The van der Waals surface area contributed by atoms with Crippen molar-refractivity contribution >= 4 is 5.97 Å². The molecule has 1 aliphatic heterocycles. The maximum atomic E-state index is 11.1. The molecule has 0 amide bonds. The van der Waals surface area contributed by atoms with Crippen LogP contribution in [0.15, 0.2) is 0 Å².